The Labute approximate surface area is 204 Å². The second kappa shape index (κ2) is 10.2. The summed E-state index contributed by atoms with van der Waals surface area (Å²) in [5.41, 5.74) is 2.44. The van der Waals surface area contributed by atoms with Crippen molar-refractivity contribution >= 4 is 27.3 Å². The van der Waals surface area contributed by atoms with Crippen molar-refractivity contribution in [1.82, 2.24) is 9.29 Å². The maximum Gasteiger partial charge on any atom is 0.257 e. The SMILES string of the molecule is O=C(Nc1cccc(-c2cnco2)c1)c1cc(S(=O)(=O)N2CCOCC2)ccc1N1CCCCC1. The van der Waals surface area contributed by atoms with Crippen LogP contribution in [0.15, 0.2) is 64.4 Å². The number of hydrogen-bond donors (Lipinski definition) is 1. The number of carbonyl (C=O) groups excluding carboxylic acids is 1. The molecule has 5 rings (SSSR count). The van der Waals surface area contributed by atoms with Gasteiger partial charge in [-0.1, -0.05) is 12.1 Å². The van der Waals surface area contributed by atoms with E-state index in [4.69, 9.17) is 9.15 Å². The fourth-order valence-electron chi connectivity index (χ4n) is 4.51. The van der Waals surface area contributed by atoms with Crippen molar-refractivity contribution in [2.24, 2.45) is 0 Å². The summed E-state index contributed by atoms with van der Waals surface area (Å²) < 4.78 is 38.7. The van der Waals surface area contributed by atoms with Gasteiger partial charge in [0.15, 0.2) is 12.2 Å². The molecule has 1 amide bonds. The molecule has 3 heterocycles. The molecule has 2 aliphatic heterocycles. The van der Waals surface area contributed by atoms with Crippen LogP contribution in [0.2, 0.25) is 0 Å². The summed E-state index contributed by atoms with van der Waals surface area (Å²) in [5.74, 6) is 0.230. The molecular weight excluding hydrogens is 468 g/mol. The lowest BCUT2D eigenvalue weighted by molar-refractivity contribution is 0.0730. The molecular formula is C25H28N4O5S. The molecule has 9 nitrogen and oxygen atoms in total. The molecule has 1 N–H and O–H groups in total. The predicted molar refractivity (Wildman–Crippen MR) is 132 cm³/mol. The van der Waals surface area contributed by atoms with Gasteiger partial charge in [-0.25, -0.2) is 13.4 Å². The highest BCUT2D eigenvalue weighted by Gasteiger charge is 2.29. The summed E-state index contributed by atoms with van der Waals surface area (Å²) in [6, 6.07) is 12.1. The molecule has 0 spiro atoms. The lowest BCUT2D eigenvalue weighted by Crippen LogP contribution is -2.40. The molecule has 0 radical (unpaired) electrons. The van der Waals surface area contributed by atoms with Crippen LogP contribution in [0.5, 0.6) is 0 Å². The number of aromatic nitrogens is 1. The number of nitrogens with zero attached hydrogens (tertiary/aromatic N) is 3. The van der Waals surface area contributed by atoms with Gasteiger partial charge in [-0.3, -0.25) is 4.79 Å². The lowest BCUT2D eigenvalue weighted by atomic mass is 10.1. The molecule has 35 heavy (non-hydrogen) atoms. The van der Waals surface area contributed by atoms with E-state index < -0.39 is 10.0 Å². The van der Waals surface area contributed by atoms with Gasteiger partial charge in [-0.15, -0.1) is 0 Å². The van der Waals surface area contributed by atoms with Gasteiger partial charge in [0.05, 0.1) is 29.9 Å². The Balaban J connectivity index is 1.48. The van der Waals surface area contributed by atoms with Crippen molar-refractivity contribution in [3.8, 4) is 11.3 Å². The number of rotatable bonds is 6. The quantitative estimate of drug-likeness (QED) is 0.556. The van der Waals surface area contributed by atoms with Gasteiger partial charge >= 0.3 is 0 Å². The molecule has 0 aliphatic carbocycles. The predicted octanol–water partition coefficient (Wildman–Crippen LogP) is 3.61. The van der Waals surface area contributed by atoms with E-state index in [-0.39, 0.29) is 10.8 Å². The minimum Gasteiger partial charge on any atom is -0.444 e. The number of hydrogen-bond acceptors (Lipinski definition) is 7. The number of sulfonamides is 1. The number of ether oxygens (including phenoxy) is 1. The Morgan fingerprint density at radius 3 is 2.51 bits per heavy atom. The fourth-order valence-corrected chi connectivity index (χ4v) is 5.95. The largest absolute Gasteiger partial charge is 0.444 e. The van der Waals surface area contributed by atoms with E-state index in [9.17, 15) is 13.2 Å². The first-order valence-corrected chi connectivity index (χ1v) is 13.2. The second-order valence-electron chi connectivity index (χ2n) is 8.64. The van der Waals surface area contributed by atoms with Crippen molar-refractivity contribution < 1.29 is 22.4 Å². The van der Waals surface area contributed by atoms with E-state index >= 15 is 0 Å². The van der Waals surface area contributed by atoms with Crippen LogP contribution in [0.4, 0.5) is 11.4 Å². The Hall–Kier alpha value is -3.21. The minimum absolute atomic E-state index is 0.112. The van der Waals surface area contributed by atoms with Crippen LogP contribution in [0, 0.1) is 0 Å². The lowest BCUT2D eigenvalue weighted by Gasteiger charge is -2.31. The van der Waals surface area contributed by atoms with E-state index in [1.165, 1.54) is 16.8 Å². The van der Waals surface area contributed by atoms with E-state index in [0.29, 0.717) is 43.3 Å². The summed E-state index contributed by atoms with van der Waals surface area (Å²) in [5, 5.41) is 2.94. The molecule has 2 fully saturated rings. The highest BCUT2D eigenvalue weighted by atomic mass is 32.2. The van der Waals surface area contributed by atoms with Gasteiger partial charge < -0.3 is 19.4 Å². The number of amides is 1. The van der Waals surface area contributed by atoms with E-state index in [2.05, 4.69) is 15.2 Å². The van der Waals surface area contributed by atoms with E-state index in [1.807, 2.05) is 12.1 Å². The fraction of sp³-hybridized carbons (Fsp3) is 0.360. The van der Waals surface area contributed by atoms with Crippen molar-refractivity contribution in [2.45, 2.75) is 24.2 Å². The average Bonchev–Trinajstić information content (AvgIpc) is 3.45. The van der Waals surface area contributed by atoms with E-state index in [0.717, 1.165) is 43.6 Å². The van der Waals surface area contributed by atoms with Gasteiger partial charge in [0.1, 0.15) is 0 Å². The molecule has 10 heteroatoms. The van der Waals surface area contributed by atoms with Crippen molar-refractivity contribution in [3.63, 3.8) is 0 Å². The van der Waals surface area contributed by atoms with Crippen LogP contribution in [-0.4, -0.2) is 63.0 Å². The number of benzene rings is 2. The molecule has 2 aromatic carbocycles. The van der Waals surface area contributed by atoms with Crippen molar-refractivity contribution in [2.75, 3.05) is 49.6 Å². The monoisotopic (exact) mass is 496 g/mol. The zero-order valence-electron chi connectivity index (χ0n) is 19.4. The average molecular weight is 497 g/mol. The number of anilines is 2. The third kappa shape index (κ3) is 5.09. The summed E-state index contributed by atoms with van der Waals surface area (Å²) >= 11 is 0. The Kier molecular flexibility index (Phi) is 6.85. The van der Waals surface area contributed by atoms with Crippen molar-refractivity contribution in [1.29, 1.82) is 0 Å². The molecule has 0 unspecified atom stereocenters. The molecule has 1 aromatic heterocycles. The maximum atomic E-state index is 13.5. The Morgan fingerprint density at radius 2 is 1.77 bits per heavy atom. The first kappa shape index (κ1) is 23.5. The topological polar surface area (TPSA) is 105 Å². The minimum atomic E-state index is -3.74. The van der Waals surface area contributed by atoms with Crippen molar-refractivity contribution in [3.05, 3.63) is 60.6 Å². The van der Waals surface area contributed by atoms with Crippen LogP contribution >= 0.6 is 0 Å². The highest BCUT2D eigenvalue weighted by Crippen LogP contribution is 2.30. The third-order valence-corrected chi connectivity index (χ3v) is 8.25. The first-order valence-electron chi connectivity index (χ1n) is 11.8. The number of piperidine rings is 1. The molecule has 3 aromatic rings. The zero-order valence-corrected chi connectivity index (χ0v) is 20.2. The first-order chi connectivity index (χ1) is 17.0. The standard InChI is InChI=1S/C25H28N4O5S/c30-25(27-20-6-4-5-19(15-20)24-17-26-18-34-24)22-16-21(35(31,32)29-11-13-33-14-12-29)7-8-23(22)28-9-2-1-3-10-28/h4-8,15-18H,1-3,9-14H2,(H,27,30). The summed E-state index contributed by atoms with van der Waals surface area (Å²) in [6.07, 6.45) is 6.18. The van der Waals surface area contributed by atoms with Gasteiger partial charge in [0, 0.05) is 43.1 Å². The Bertz CT molecular complexity index is 1280. The van der Waals surface area contributed by atoms with Gasteiger partial charge in [0.2, 0.25) is 10.0 Å². The molecule has 184 valence electrons. The molecule has 2 aliphatic rings. The van der Waals surface area contributed by atoms with E-state index in [1.54, 1.807) is 30.5 Å². The number of nitrogens with one attached hydrogen (secondary N) is 1. The second-order valence-corrected chi connectivity index (χ2v) is 10.6. The molecule has 0 saturated carbocycles. The number of carbonyl (C=O) groups is 1. The van der Waals surface area contributed by atoms with Crippen LogP contribution in [0.25, 0.3) is 11.3 Å². The number of morpholine rings is 1. The van der Waals surface area contributed by atoms with Crippen LogP contribution in [0.3, 0.4) is 0 Å². The van der Waals surface area contributed by atoms with Crippen LogP contribution < -0.4 is 10.2 Å². The molecule has 0 bridgehead atoms. The van der Waals surface area contributed by atoms with Crippen LogP contribution in [0.1, 0.15) is 29.6 Å². The molecule has 0 atom stereocenters. The summed E-state index contributed by atoms with van der Waals surface area (Å²) in [7, 11) is -3.74. The zero-order chi connectivity index (χ0) is 24.3. The summed E-state index contributed by atoms with van der Waals surface area (Å²) in [6.45, 7) is 2.98. The number of oxazole rings is 1. The normalized spacial score (nSPS) is 17.3. The van der Waals surface area contributed by atoms with Crippen LogP contribution in [-0.2, 0) is 14.8 Å². The van der Waals surface area contributed by atoms with Gasteiger partial charge in [0.25, 0.3) is 5.91 Å². The smallest absolute Gasteiger partial charge is 0.257 e. The Morgan fingerprint density at radius 1 is 0.971 bits per heavy atom. The summed E-state index contributed by atoms with van der Waals surface area (Å²) in [4.78, 5) is 19.7. The highest BCUT2D eigenvalue weighted by molar-refractivity contribution is 7.89. The molecule has 2 saturated heterocycles. The third-order valence-electron chi connectivity index (χ3n) is 6.35. The maximum absolute atomic E-state index is 13.5. The van der Waals surface area contributed by atoms with Gasteiger partial charge in [-0.2, -0.15) is 4.31 Å². The van der Waals surface area contributed by atoms with Gasteiger partial charge in [-0.05, 0) is 49.6 Å².